The highest BCUT2D eigenvalue weighted by molar-refractivity contribution is 6.39. The minimum atomic E-state index is -2.48. The number of aliphatic hydroxyl groups excluding tert-OH is 1. The third-order valence-corrected chi connectivity index (χ3v) is 28.3. The number of alkyl carbamates (subject to hydrolysis) is 1. The molecular weight excluding hydrogens is 1760 g/mol. The number of nitrogens with one attached hydrogen (secondary N) is 1. The Morgan fingerprint density at radius 3 is 2.23 bits per heavy atom. The molecule has 5 aromatic heterocycles. The highest BCUT2D eigenvalue weighted by Gasteiger charge is 2.54. The molecule has 0 spiro atoms. The van der Waals surface area contributed by atoms with Crippen LogP contribution in [0, 0.1) is 35.5 Å². The number of ether oxygens (including phenoxy) is 8. The first-order valence-corrected chi connectivity index (χ1v) is 47.8. The van der Waals surface area contributed by atoms with Crippen LogP contribution in [0.15, 0.2) is 120 Å². The third kappa shape index (κ3) is 24.6. The molecule has 38 nitrogen and oxygen atoms in total. The molecule has 1 aliphatic carbocycles. The van der Waals surface area contributed by atoms with Crippen molar-refractivity contribution < 1.29 is 96.0 Å². The number of nitrogen functional groups attached to an aromatic ring is 2. The predicted octanol–water partition coefficient (Wildman–Crippen LogP) is 8.83. The van der Waals surface area contributed by atoms with Gasteiger partial charge in [0.15, 0.2) is 17.0 Å². The summed E-state index contributed by atoms with van der Waals surface area (Å²) in [6.07, 6.45) is 18.0. The molecule has 7 aromatic rings. The van der Waals surface area contributed by atoms with Crippen molar-refractivity contribution in [1.29, 1.82) is 0 Å². The molecule has 1 saturated carbocycles. The van der Waals surface area contributed by atoms with Gasteiger partial charge in [-0.2, -0.15) is 10.1 Å². The minimum Gasteiger partial charge on any atom is -0.480 e. The number of methoxy groups -OCH3 is 4. The van der Waals surface area contributed by atoms with Gasteiger partial charge in [0.2, 0.25) is 23.6 Å². The van der Waals surface area contributed by atoms with Crippen molar-refractivity contribution in [1.82, 2.24) is 69.6 Å². The number of aliphatic hydroxyl groups is 2. The fourth-order valence-corrected chi connectivity index (χ4v) is 20.1. The zero-order valence-electron chi connectivity index (χ0n) is 80.2. The highest BCUT2D eigenvalue weighted by atomic mass is 16.6. The number of ketones is 2. The van der Waals surface area contributed by atoms with Crippen LogP contribution in [0.2, 0.25) is 0 Å². The predicted molar refractivity (Wildman–Crippen MR) is 507 cm³/mol. The van der Waals surface area contributed by atoms with Crippen molar-refractivity contribution in [2.24, 2.45) is 35.5 Å². The molecule has 738 valence electrons. The SMILES string of the molecule is CO[C@H]1C[C@@H]2CC[C@@H](C)[C@@](O)(O2)C(=O)C(=O)N2CCCC[C@H]2C(=O)O[C@H]([C@H](C)C[C@@H]2CC[C@@H](OC(=O)NCc3cnc(N4CCN(C(=O)CCOCCN5CCN(c6ncc(C(=O)N7CCc8cc(Cn9nc(-c%10ccc%11oc(N)nc%11c%10)c%10c(N)ncnc%109)ccc8C7)cn6)CC5)[C@@H](C(=O)O)C4)nc3)[C@H](OC)C2)C[C@@H](OC)[C@H](C)/C=C(\C)[C@@H](O)[C@@H](OC)C(=O)[C@H](C)C[C@H](C)/C=C/C=CC=C1C. The average Bonchev–Trinajstić information content (AvgIpc) is 1.20. The van der Waals surface area contributed by atoms with Gasteiger partial charge in [0, 0.05) is 167 Å². The van der Waals surface area contributed by atoms with E-state index in [1.165, 1.54) is 35.6 Å². The maximum absolute atomic E-state index is 15.0. The van der Waals surface area contributed by atoms with Crippen LogP contribution >= 0.6 is 0 Å². The van der Waals surface area contributed by atoms with Gasteiger partial charge in [-0.3, -0.25) is 28.9 Å². The molecule has 0 unspecified atom stereocenters. The van der Waals surface area contributed by atoms with Gasteiger partial charge in [-0.15, -0.1) is 0 Å². The first kappa shape index (κ1) is 101. The zero-order chi connectivity index (χ0) is 97.5. The first-order valence-electron chi connectivity index (χ1n) is 47.8. The Morgan fingerprint density at radius 1 is 0.730 bits per heavy atom. The number of carbonyl (C=O) groups excluding carboxylic acids is 7. The molecule has 14 rings (SSSR count). The number of hydrogen-bond donors (Lipinski definition) is 6. The lowest BCUT2D eigenvalue weighted by Crippen LogP contribution is -2.61. The molecule has 4 saturated heterocycles. The number of piperidine rings is 1. The van der Waals surface area contributed by atoms with E-state index in [9.17, 15) is 48.9 Å². The van der Waals surface area contributed by atoms with Crippen molar-refractivity contribution in [3.8, 4) is 11.3 Å². The number of esters is 1. The molecule has 38 heteroatoms. The number of Topliss-reactive ketones (excluding diaryl/α,β-unsaturated/α-hetero) is 2. The number of carbonyl (C=O) groups is 8. The lowest BCUT2D eigenvalue weighted by atomic mass is 9.78. The second-order valence-corrected chi connectivity index (χ2v) is 37.7. The van der Waals surface area contributed by atoms with Crippen LogP contribution in [0.4, 0.5) is 28.5 Å². The van der Waals surface area contributed by atoms with Crippen molar-refractivity contribution in [3.05, 3.63) is 143 Å². The second kappa shape index (κ2) is 46.2. The number of carboxylic acids is 1. The molecule has 4 amide bonds. The van der Waals surface area contributed by atoms with E-state index >= 15 is 4.79 Å². The van der Waals surface area contributed by atoms with E-state index in [1.54, 1.807) is 58.5 Å². The van der Waals surface area contributed by atoms with E-state index in [1.807, 2.05) is 98.9 Å². The summed E-state index contributed by atoms with van der Waals surface area (Å²) < 4.78 is 56.0. The van der Waals surface area contributed by atoms with Crippen molar-refractivity contribution >= 4 is 93.2 Å². The quantitative estimate of drug-likeness (QED) is 0.0151. The van der Waals surface area contributed by atoms with Gasteiger partial charge in [-0.1, -0.05) is 89.3 Å². The number of cyclic esters (lactones) is 1. The van der Waals surface area contributed by atoms with Crippen LogP contribution in [0.25, 0.3) is 33.4 Å². The molecule has 2 aromatic carbocycles. The number of nitrogens with two attached hydrogens (primary N) is 2. The lowest BCUT2D eigenvalue weighted by molar-refractivity contribution is -0.265. The summed E-state index contributed by atoms with van der Waals surface area (Å²) in [5.41, 5.74) is 20.8. The van der Waals surface area contributed by atoms with Gasteiger partial charge < -0.3 is 98.9 Å². The Balaban J connectivity index is 0.515. The summed E-state index contributed by atoms with van der Waals surface area (Å²) in [7, 11) is 6.09. The normalized spacial score (nSPS) is 27.8. The maximum Gasteiger partial charge on any atom is 0.407 e. The Hall–Kier alpha value is -11.6. The number of aromatic nitrogens is 9. The monoisotopic (exact) mass is 1890 g/mol. The van der Waals surface area contributed by atoms with Gasteiger partial charge in [0.05, 0.1) is 68.1 Å². The smallest absolute Gasteiger partial charge is 0.407 e. The van der Waals surface area contributed by atoms with Crippen LogP contribution in [-0.4, -0.2) is 301 Å². The number of fused-ring (bicyclic) bond motifs is 6. The largest absolute Gasteiger partial charge is 0.480 e. The van der Waals surface area contributed by atoms with Crippen LogP contribution in [0.3, 0.4) is 0 Å². The number of aliphatic carboxylic acids is 1. The van der Waals surface area contributed by atoms with E-state index in [2.05, 4.69) is 62.1 Å². The Bertz CT molecular complexity index is 5530. The Morgan fingerprint density at radius 2 is 1.48 bits per heavy atom. The molecule has 2 bridgehead atoms. The van der Waals surface area contributed by atoms with Gasteiger partial charge in [0.1, 0.15) is 59.9 Å². The van der Waals surface area contributed by atoms with Crippen LogP contribution in [-0.2, 0) is 92.7 Å². The minimum absolute atomic E-state index is 0.00200. The molecule has 6 aliphatic heterocycles. The Kier molecular flexibility index (Phi) is 34.2. The molecule has 0 radical (unpaired) electrons. The number of rotatable bonds is 23. The number of hydrogen-bond acceptors (Lipinski definition) is 32. The van der Waals surface area contributed by atoms with Crippen molar-refractivity contribution in [2.45, 2.75) is 225 Å². The molecule has 11 heterocycles. The number of allylic oxidation sites excluding steroid dienone is 5. The molecule has 8 N–H and O–H groups in total. The van der Waals surface area contributed by atoms with E-state index in [-0.39, 0.29) is 112 Å². The van der Waals surface area contributed by atoms with E-state index in [0.29, 0.717) is 179 Å². The number of nitrogens with zero attached hydrogens (tertiary/aromatic N) is 15. The summed E-state index contributed by atoms with van der Waals surface area (Å²) >= 11 is 0. The first-order chi connectivity index (χ1) is 65.9. The molecule has 137 heavy (non-hydrogen) atoms. The summed E-state index contributed by atoms with van der Waals surface area (Å²) in [5.74, 6) is -8.23. The second-order valence-electron chi connectivity index (χ2n) is 37.7. The standard InChI is InChI=1S/C99H132N18O20/c1-58-17-13-12-14-18-59(2)78(129-8)47-72-25-20-64(7)99(128,137-72)88(121)92(123)116-30-16-15-19-74(116)94(126)134-80(48-79(130-9)60(3)42-63(6)86(120)87(132-11)85(119)62(5)41-58)61(4)43-65-22-26-77(81(45-65)131-10)136-98(127)106-51-67-49-102-97(103-50-67)114-36-37-115(75(56-114)93(124)125)82(118)29-39-133-40-38-111-32-34-112(35-33-111)96-104-52-71(53-105-96)91(122)113-31-28-68-44-66(21-23-70(68)55-113)54-117-90-83(89(100)107-57-108-90)84(110-117)69-24-27-76-73(46-69)109-95(101)135-76/h12-14,17-18,21,23-24,27,42,44,46,49-50,52-53,57-58,60-62,64-65,72,74-75,77-81,86-87,120,128H,15-16,19-20,22,25-26,28-41,43,45,47-48,51,54-56H2,1-11H3,(H2,101,109)(H,106,127)(H,124,125)(H2,100,107,108)/b14-12?,17-13+,59-18?,63-42+/t58-,60-,61-,62-,64-,65+,72+,74+,75-,77-,78+,79-,80+,81-,86-,87+,99-/m1/s1. The fraction of sp³-hybridized carbons (Fsp3) is 0.576. The maximum atomic E-state index is 15.0. The zero-order valence-corrected chi connectivity index (χ0v) is 80.2. The number of carboxylic acid groups (broad SMARTS) is 1. The van der Waals surface area contributed by atoms with Crippen LogP contribution in [0.5, 0.6) is 0 Å². The summed E-state index contributed by atoms with van der Waals surface area (Å²) in [6.45, 7) is 18.6. The van der Waals surface area contributed by atoms with Crippen molar-refractivity contribution in [2.75, 3.05) is 128 Å². The number of piperazine rings is 2. The molecule has 7 aliphatic rings. The number of benzene rings is 2. The van der Waals surface area contributed by atoms with Crippen LogP contribution < -0.4 is 26.6 Å². The summed E-state index contributed by atoms with van der Waals surface area (Å²) in [5, 5.41) is 42.9. The molecule has 17 atom stereocenters. The lowest BCUT2D eigenvalue weighted by Gasteiger charge is -2.43. The number of anilines is 4. The van der Waals surface area contributed by atoms with Crippen LogP contribution in [0.1, 0.15) is 165 Å². The number of amides is 4. The Labute approximate surface area is 797 Å². The highest BCUT2D eigenvalue weighted by Crippen LogP contribution is 2.41. The van der Waals surface area contributed by atoms with Gasteiger partial charge in [-0.25, -0.2) is 49.0 Å². The number of oxazole rings is 1. The van der Waals surface area contributed by atoms with Crippen molar-refractivity contribution in [3.63, 3.8) is 0 Å². The molecule has 5 fully saturated rings. The topological polar surface area (TPSA) is 476 Å². The van der Waals surface area contributed by atoms with Gasteiger partial charge in [0.25, 0.3) is 23.6 Å². The third-order valence-electron chi connectivity index (χ3n) is 28.3. The average molecular weight is 1890 g/mol. The summed E-state index contributed by atoms with van der Waals surface area (Å²) in [4.78, 5) is 154. The van der Waals surface area contributed by atoms with E-state index in [4.69, 9.17) is 58.9 Å². The van der Waals surface area contributed by atoms with E-state index in [0.717, 1.165) is 27.8 Å². The van der Waals surface area contributed by atoms with E-state index < -0.39 is 114 Å². The van der Waals surface area contributed by atoms with Gasteiger partial charge in [-0.05, 0) is 148 Å². The molecular formula is C99H132N18O20. The summed E-state index contributed by atoms with van der Waals surface area (Å²) in [6, 6.07) is 9.48. The fourth-order valence-electron chi connectivity index (χ4n) is 20.1. The van der Waals surface area contributed by atoms with Gasteiger partial charge >= 0.3 is 18.0 Å².